The molecule has 0 aliphatic rings. The quantitative estimate of drug-likeness (QED) is 0.0810. The Kier molecular flexibility index (Phi) is 10.4. The van der Waals surface area contributed by atoms with Gasteiger partial charge in [0.1, 0.15) is 30.5 Å². The highest BCUT2D eigenvalue weighted by molar-refractivity contribution is 6.06. The maximum atomic E-state index is 13.7. The molecule has 0 heterocycles. The van der Waals surface area contributed by atoms with E-state index in [4.69, 9.17) is 18.9 Å². The third-order valence-electron chi connectivity index (χ3n) is 6.91. The largest absolute Gasteiger partial charge is 0.489 e. The summed E-state index contributed by atoms with van der Waals surface area (Å²) in [6, 6.07) is 39.4. The second kappa shape index (κ2) is 15.2. The molecule has 0 saturated carbocycles. The van der Waals surface area contributed by atoms with E-state index in [1.165, 1.54) is 11.8 Å². The van der Waals surface area contributed by atoms with Gasteiger partial charge >= 0.3 is 11.9 Å². The molecule has 0 aliphatic heterocycles. The average Bonchev–Trinajstić information content (AvgIpc) is 3.08. The Bertz CT molecular complexity index is 1760. The van der Waals surface area contributed by atoms with Crippen LogP contribution in [0.3, 0.4) is 0 Å². The third kappa shape index (κ3) is 8.60. The standard InChI is InChI=1S/C38H33NO7/c1-27(45-28(2)40)39(33-18-22-35(23-19-33)46-38(42)32-13-7-4-8-14-32)37(41)31-16-20-34(21-17-31)43-26-30-12-9-15-36(24-30)44-25-29-10-5-3-6-11-29/h3-24,27H,25-26H2,1-2H3. The number of carbonyl (C=O) groups excluding carboxylic acids is 3. The zero-order valence-electron chi connectivity index (χ0n) is 25.5. The molecule has 0 bridgehead atoms. The summed E-state index contributed by atoms with van der Waals surface area (Å²) < 4.78 is 22.7. The number of ether oxygens (including phenoxy) is 4. The molecule has 0 aromatic heterocycles. The number of hydrogen-bond acceptors (Lipinski definition) is 7. The Balaban J connectivity index is 1.23. The number of esters is 2. The van der Waals surface area contributed by atoms with E-state index < -0.39 is 24.1 Å². The van der Waals surface area contributed by atoms with Crippen molar-refractivity contribution in [2.24, 2.45) is 0 Å². The summed E-state index contributed by atoms with van der Waals surface area (Å²) in [5.41, 5.74) is 3.25. The van der Waals surface area contributed by atoms with Crippen LogP contribution in [0.1, 0.15) is 45.7 Å². The predicted octanol–water partition coefficient (Wildman–Crippen LogP) is 7.62. The van der Waals surface area contributed by atoms with Crippen molar-refractivity contribution in [2.75, 3.05) is 4.90 Å². The van der Waals surface area contributed by atoms with Crippen LogP contribution < -0.4 is 19.1 Å². The van der Waals surface area contributed by atoms with Gasteiger partial charge in [-0.1, -0.05) is 60.7 Å². The van der Waals surface area contributed by atoms with Crippen molar-refractivity contribution < 1.29 is 33.3 Å². The van der Waals surface area contributed by atoms with E-state index in [-0.39, 0.29) is 0 Å². The van der Waals surface area contributed by atoms with Gasteiger partial charge < -0.3 is 18.9 Å². The van der Waals surface area contributed by atoms with Crippen LogP contribution in [0, 0.1) is 0 Å². The van der Waals surface area contributed by atoms with Crippen LogP contribution >= 0.6 is 0 Å². The van der Waals surface area contributed by atoms with Crippen LogP contribution in [0.15, 0.2) is 133 Å². The maximum absolute atomic E-state index is 13.7. The summed E-state index contributed by atoms with van der Waals surface area (Å²) in [6.07, 6.45) is -0.907. The third-order valence-corrected chi connectivity index (χ3v) is 6.91. The monoisotopic (exact) mass is 615 g/mol. The molecular weight excluding hydrogens is 582 g/mol. The lowest BCUT2D eigenvalue weighted by molar-refractivity contribution is -0.145. The van der Waals surface area contributed by atoms with Gasteiger partial charge in [0, 0.05) is 18.2 Å². The number of benzene rings is 5. The highest BCUT2D eigenvalue weighted by Crippen LogP contribution is 2.26. The molecule has 232 valence electrons. The van der Waals surface area contributed by atoms with Crippen molar-refractivity contribution in [3.63, 3.8) is 0 Å². The number of hydrogen-bond donors (Lipinski definition) is 0. The molecule has 0 aliphatic carbocycles. The highest BCUT2D eigenvalue weighted by Gasteiger charge is 2.26. The molecule has 0 saturated heterocycles. The lowest BCUT2D eigenvalue weighted by Crippen LogP contribution is -2.41. The second-order valence-electron chi connectivity index (χ2n) is 10.4. The number of carbonyl (C=O) groups is 3. The molecule has 8 heteroatoms. The van der Waals surface area contributed by atoms with Gasteiger partial charge in [-0.3, -0.25) is 14.5 Å². The van der Waals surface area contributed by atoms with Gasteiger partial charge in [0.05, 0.1) is 5.56 Å². The molecule has 0 fully saturated rings. The van der Waals surface area contributed by atoms with Gasteiger partial charge in [0.2, 0.25) is 0 Å². The zero-order chi connectivity index (χ0) is 32.3. The van der Waals surface area contributed by atoms with Gasteiger partial charge in [-0.2, -0.15) is 0 Å². The first kappa shape index (κ1) is 31.5. The normalized spacial score (nSPS) is 11.2. The summed E-state index contributed by atoms with van der Waals surface area (Å²) in [5.74, 6) is 0.210. The van der Waals surface area contributed by atoms with E-state index >= 15 is 0 Å². The van der Waals surface area contributed by atoms with Crippen molar-refractivity contribution >= 4 is 23.5 Å². The minimum absolute atomic E-state index is 0.305. The molecule has 0 spiro atoms. The summed E-state index contributed by atoms with van der Waals surface area (Å²) in [6.45, 7) is 3.67. The van der Waals surface area contributed by atoms with Crippen LogP contribution in [0.4, 0.5) is 5.69 Å². The molecule has 5 aromatic rings. The average molecular weight is 616 g/mol. The van der Waals surface area contributed by atoms with E-state index in [2.05, 4.69) is 0 Å². The molecule has 1 unspecified atom stereocenters. The van der Waals surface area contributed by atoms with Gasteiger partial charge in [0.25, 0.3) is 5.91 Å². The van der Waals surface area contributed by atoms with E-state index in [0.717, 1.165) is 16.9 Å². The van der Waals surface area contributed by atoms with Crippen molar-refractivity contribution in [3.05, 3.63) is 156 Å². The maximum Gasteiger partial charge on any atom is 0.343 e. The fraction of sp³-hybridized carbons (Fsp3) is 0.132. The van der Waals surface area contributed by atoms with Gasteiger partial charge in [-0.15, -0.1) is 0 Å². The molecule has 5 aromatic carbocycles. The first-order valence-electron chi connectivity index (χ1n) is 14.7. The Morgan fingerprint density at radius 1 is 0.609 bits per heavy atom. The van der Waals surface area contributed by atoms with Gasteiger partial charge in [0.15, 0.2) is 6.23 Å². The van der Waals surface area contributed by atoms with Gasteiger partial charge in [-0.25, -0.2) is 4.79 Å². The Labute approximate surface area is 267 Å². The minimum atomic E-state index is -0.907. The Morgan fingerprint density at radius 2 is 1.20 bits per heavy atom. The van der Waals surface area contributed by atoms with Crippen LogP contribution in [0.5, 0.6) is 17.2 Å². The Hall–Kier alpha value is -5.89. The summed E-state index contributed by atoms with van der Waals surface area (Å²) in [4.78, 5) is 39.3. The fourth-order valence-corrected chi connectivity index (χ4v) is 4.67. The minimum Gasteiger partial charge on any atom is -0.489 e. The number of anilines is 1. The topological polar surface area (TPSA) is 91.4 Å². The molecule has 5 rings (SSSR count). The van der Waals surface area contributed by atoms with Crippen LogP contribution in [-0.2, 0) is 22.7 Å². The van der Waals surface area contributed by atoms with Gasteiger partial charge in [-0.05, 0) is 90.8 Å². The predicted molar refractivity (Wildman–Crippen MR) is 174 cm³/mol. The Morgan fingerprint density at radius 3 is 1.87 bits per heavy atom. The summed E-state index contributed by atoms with van der Waals surface area (Å²) in [5, 5.41) is 0. The first-order chi connectivity index (χ1) is 22.4. The van der Waals surface area contributed by atoms with Crippen molar-refractivity contribution in [1.82, 2.24) is 0 Å². The van der Waals surface area contributed by atoms with Crippen LogP contribution in [-0.4, -0.2) is 24.1 Å². The van der Waals surface area contributed by atoms with Crippen LogP contribution in [0.2, 0.25) is 0 Å². The number of nitrogens with zero attached hydrogens (tertiary/aromatic N) is 1. The van der Waals surface area contributed by atoms with E-state index in [9.17, 15) is 14.4 Å². The molecule has 8 nitrogen and oxygen atoms in total. The molecule has 46 heavy (non-hydrogen) atoms. The van der Waals surface area contributed by atoms with E-state index in [1.807, 2.05) is 60.7 Å². The molecular formula is C38H33NO7. The second-order valence-corrected chi connectivity index (χ2v) is 10.4. The first-order valence-corrected chi connectivity index (χ1v) is 14.7. The van der Waals surface area contributed by atoms with Crippen molar-refractivity contribution in [2.45, 2.75) is 33.3 Å². The molecule has 1 atom stereocenters. The smallest absolute Gasteiger partial charge is 0.343 e. The number of rotatable bonds is 12. The van der Waals surface area contributed by atoms with E-state index in [0.29, 0.717) is 41.5 Å². The van der Waals surface area contributed by atoms with Crippen molar-refractivity contribution in [3.8, 4) is 17.2 Å². The lowest BCUT2D eigenvalue weighted by atomic mass is 10.1. The fourth-order valence-electron chi connectivity index (χ4n) is 4.67. The lowest BCUT2D eigenvalue weighted by Gasteiger charge is -2.29. The summed E-state index contributed by atoms with van der Waals surface area (Å²) >= 11 is 0. The molecule has 1 amide bonds. The SMILES string of the molecule is CC(=O)OC(C)N(C(=O)c1ccc(OCc2cccc(OCc3ccccc3)c2)cc1)c1ccc(OC(=O)c2ccccc2)cc1. The zero-order valence-corrected chi connectivity index (χ0v) is 25.5. The molecule has 0 N–H and O–H groups in total. The van der Waals surface area contributed by atoms with Crippen LogP contribution in [0.25, 0.3) is 0 Å². The molecule has 0 radical (unpaired) electrons. The van der Waals surface area contributed by atoms with Crippen molar-refractivity contribution in [1.29, 1.82) is 0 Å². The summed E-state index contributed by atoms with van der Waals surface area (Å²) in [7, 11) is 0. The number of amides is 1. The highest BCUT2D eigenvalue weighted by atomic mass is 16.6. The van der Waals surface area contributed by atoms with E-state index in [1.54, 1.807) is 79.7 Å².